The molecule has 1 aromatic carbocycles. The minimum atomic E-state index is -0.866. The molecule has 3 heterocycles. The number of hydrogen-bond donors (Lipinski definition) is 1. The topological polar surface area (TPSA) is 96.8 Å². The summed E-state index contributed by atoms with van der Waals surface area (Å²) < 4.78 is 35.3. The summed E-state index contributed by atoms with van der Waals surface area (Å²) in [7, 11) is 6.01. The van der Waals surface area contributed by atoms with E-state index in [9.17, 15) is 23.2 Å². The van der Waals surface area contributed by atoms with E-state index in [1.165, 1.54) is 40.8 Å². The molecule has 2 amide bonds. The number of carbonyl (C=O) groups is 3. The van der Waals surface area contributed by atoms with Gasteiger partial charge < -0.3 is 24.4 Å². The lowest BCUT2D eigenvalue weighted by Crippen LogP contribution is -2.40. The highest BCUT2D eigenvalue weighted by Gasteiger charge is 2.29. The van der Waals surface area contributed by atoms with Gasteiger partial charge in [0.1, 0.15) is 5.69 Å². The number of likely N-dealkylation sites (tertiary alicyclic amines) is 1. The number of anilines is 2. The number of pyridine rings is 1. The summed E-state index contributed by atoms with van der Waals surface area (Å²) >= 11 is 6.39. The first-order chi connectivity index (χ1) is 18.5. The lowest BCUT2D eigenvalue weighted by Gasteiger charge is -2.31. The van der Waals surface area contributed by atoms with E-state index in [1.54, 1.807) is 32.1 Å². The molecule has 1 aliphatic heterocycles. The number of carbonyl (C=O) groups excluding carboxylic acids is 3. The number of ether oxygens (including phenoxy) is 1. The van der Waals surface area contributed by atoms with Crippen LogP contribution in [0.1, 0.15) is 33.7 Å². The molecule has 0 bridgehead atoms. The molecular weight excluding hydrogens is 532 g/mol. The summed E-state index contributed by atoms with van der Waals surface area (Å²) in [5, 5.41) is 2.87. The second kappa shape index (κ2) is 11.4. The molecule has 12 heteroatoms. The highest BCUT2D eigenvalue weighted by atomic mass is 35.5. The van der Waals surface area contributed by atoms with Crippen LogP contribution >= 0.6 is 11.6 Å². The van der Waals surface area contributed by atoms with Gasteiger partial charge in [0.2, 0.25) is 5.95 Å². The number of nitrogens with one attached hydrogen (secondary N) is 1. The van der Waals surface area contributed by atoms with Gasteiger partial charge in [0.15, 0.2) is 11.6 Å². The van der Waals surface area contributed by atoms with Gasteiger partial charge in [0.05, 0.1) is 34.9 Å². The zero-order valence-corrected chi connectivity index (χ0v) is 22.7. The Bertz CT molecular complexity index is 1430. The zero-order valence-electron chi connectivity index (χ0n) is 21.9. The molecule has 1 saturated heterocycles. The summed E-state index contributed by atoms with van der Waals surface area (Å²) in [6, 6.07) is 8.58. The minimum Gasteiger partial charge on any atom is -0.469 e. The predicted molar refractivity (Wildman–Crippen MR) is 143 cm³/mol. The van der Waals surface area contributed by atoms with Crippen LogP contribution < -0.4 is 10.2 Å². The van der Waals surface area contributed by atoms with E-state index < -0.39 is 17.7 Å². The van der Waals surface area contributed by atoms with Crippen molar-refractivity contribution in [3.05, 3.63) is 64.4 Å². The Morgan fingerprint density at radius 2 is 1.79 bits per heavy atom. The van der Waals surface area contributed by atoms with Gasteiger partial charge in [-0.05, 0) is 49.2 Å². The van der Waals surface area contributed by atoms with Crippen LogP contribution in [0.4, 0.5) is 20.3 Å². The van der Waals surface area contributed by atoms with Gasteiger partial charge in [0, 0.05) is 39.9 Å². The van der Waals surface area contributed by atoms with Gasteiger partial charge in [-0.1, -0.05) is 11.6 Å². The molecule has 9 nitrogen and oxygen atoms in total. The maximum absolute atomic E-state index is 14.7. The smallest absolute Gasteiger partial charge is 0.308 e. The molecule has 4 rings (SSSR count). The van der Waals surface area contributed by atoms with Gasteiger partial charge in [-0.3, -0.25) is 14.4 Å². The molecule has 0 aliphatic carbocycles. The standard InChI is InChI=1S/C27H28ClF2N5O4/c1-33(2)24-20(29)14-18(23(30)32-24)21-7-8-22(34(21)3)25(36)31-16-5-6-17(19(28)13-16)26(37)35-11-9-15(10-12-35)27(38)39-4/h5-8,13-15H,9-12H2,1-4H3,(H,31,36). The number of nitrogens with zero attached hydrogens (tertiary/aromatic N) is 4. The Kier molecular flexibility index (Phi) is 8.19. The van der Waals surface area contributed by atoms with Gasteiger partial charge in [-0.25, -0.2) is 4.39 Å². The van der Waals surface area contributed by atoms with Crippen LogP contribution in [0.25, 0.3) is 11.3 Å². The summed E-state index contributed by atoms with van der Waals surface area (Å²) in [6.07, 6.45) is 1.02. The first-order valence-electron chi connectivity index (χ1n) is 12.2. The highest BCUT2D eigenvalue weighted by Crippen LogP contribution is 2.29. The molecule has 0 saturated carbocycles. The molecule has 206 valence electrons. The number of hydrogen-bond acceptors (Lipinski definition) is 6. The van der Waals surface area contributed by atoms with Crippen molar-refractivity contribution in [1.82, 2.24) is 14.5 Å². The molecule has 1 N–H and O–H groups in total. The second-order valence-electron chi connectivity index (χ2n) is 9.43. The normalized spacial score (nSPS) is 13.8. The average molecular weight is 560 g/mol. The largest absolute Gasteiger partial charge is 0.469 e. The third kappa shape index (κ3) is 5.73. The summed E-state index contributed by atoms with van der Waals surface area (Å²) in [5.74, 6) is -2.97. The molecule has 3 aromatic rings. The van der Waals surface area contributed by atoms with Crippen LogP contribution in [-0.2, 0) is 16.6 Å². The fourth-order valence-corrected chi connectivity index (χ4v) is 4.84. The number of benzene rings is 1. The van der Waals surface area contributed by atoms with Crippen LogP contribution in [0.2, 0.25) is 5.02 Å². The van der Waals surface area contributed by atoms with E-state index in [2.05, 4.69) is 10.3 Å². The number of methoxy groups -OCH3 is 1. The quantitative estimate of drug-likeness (QED) is 0.356. The van der Waals surface area contributed by atoms with Gasteiger partial charge in [-0.15, -0.1) is 0 Å². The van der Waals surface area contributed by atoms with E-state index in [1.807, 2.05) is 0 Å². The molecule has 1 fully saturated rings. The Labute approximate surface area is 229 Å². The Hall–Kier alpha value is -3.99. The first kappa shape index (κ1) is 28.0. The number of piperidine rings is 1. The maximum Gasteiger partial charge on any atom is 0.308 e. The molecule has 0 radical (unpaired) electrons. The molecule has 39 heavy (non-hydrogen) atoms. The lowest BCUT2D eigenvalue weighted by atomic mass is 9.96. The van der Waals surface area contributed by atoms with Crippen molar-refractivity contribution in [3.8, 4) is 11.3 Å². The van der Waals surface area contributed by atoms with E-state index in [4.69, 9.17) is 16.3 Å². The maximum atomic E-state index is 14.7. The Balaban J connectivity index is 1.47. The van der Waals surface area contributed by atoms with Crippen LogP contribution in [0.3, 0.4) is 0 Å². The van der Waals surface area contributed by atoms with Crippen molar-refractivity contribution >= 4 is 40.9 Å². The van der Waals surface area contributed by atoms with Crippen molar-refractivity contribution in [1.29, 1.82) is 0 Å². The molecular formula is C27H28ClF2N5O4. The summed E-state index contributed by atoms with van der Waals surface area (Å²) in [5.41, 5.74) is 0.998. The first-order valence-corrected chi connectivity index (χ1v) is 12.6. The molecule has 1 aliphatic rings. The van der Waals surface area contributed by atoms with Crippen molar-refractivity contribution in [2.45, 2.75) is 12.8 Å². The number of esters is 1. The van der Waals surface area contributed by atoms with Crippen molar-refractivity contribution in [2.24, 2.45) is 13.0 Å². The average Bonchev–Trinajstić information content (AvgIpc) is 3.30. The van der Waals surface area contributed by atoms with Gasteiger partial charge >= 0.3 is 5.97 Å². The van der Waals surface area contributed by atoms with E-state index in [0.29, 0.717) is 31.6 Å². The van der Waals surface area contributed by atoms with E-state index >= 15 is 0 Å². The summed E-state index contributed by atoms with van der Waals surface area (Å²) in [6.45, 7) is 0.808. The number of rotatable bonds is 6. The van der Waals surface area contributed by atoms with Gasteiger partial charge in [0.25, 0.3) is 11.8 Å². The fraction of sp³-hybridized carbons (Fsp3) is 0.333. The Morgan fingerprint density at radius 3 is 2.41 bits per heavy atom. The lowest BCUT2D eigenvalue weighted by molar-refractivity contribution is -0.146. The van der Waals surface area contributed by atoms with Crippen LogP contribution in [0, 0.1) is 17.7 Å². The SMILES string of the molecule is COC(=O)C1CCN(C(=O)c2ccc(NC(=O)c3ccc(-c4cc(F)c(N(C)C)nc4F)n3C)cc2Cl)CC1. The van der Waals surface area contributed by atoms with Crippen molar-refractivity contribution in [3.63, 3.8) is 0 Å². The third-order valence-electron chi connectivity index (χ3n) is 6.74. The third-order valence-corrected chi connectivity index (χ3v) is 7.05. The van der Waals surface area contributed by atoms with Crippen LogP contribution in [0.15, 0.2) is 36.4 Å². The molecule has 2 aromatic heterocycles. The molecule has 0 unspecified atom stereocenters. The zero-order chi connectivity index (χ0) is 28.4. The van der Waals surface area contributed by atoms with E-state index in [0.717, 1.165) is 6.07 Å². The number of aromatic nitrogens is 2. The summed E-state index contributed by atoms with van der Waals surface area (Å²) in [4.78, 5) is 44.4. The van der Waals surface area contributed by atoms with Crippen molar-refractivity contribution in [2.75, 3.05) is 44.5 Å². The molecule has 0 atom stereocenters. The number of halogens is 3. The van der Waals surface area contributed by atoms with Gasteiger partial charge in [-0.2, -0.15) is 9.37 Å². The van der Waals surface area contributed by atoms with Crippen molar-refractivity contribution < 1.29 is 27.9 Å². The minimum absolute atomic E-state index is 0.0822. The highest BCUT2D eigenvalue weighted by molar-refractivity contribution is 6.34. The van der Waals surface area contributed by atoms with Crippen LogP contribution in [-0.4, -0.2) is 66.5 Å². The second-order valence-corrected chi connectivity index (χ2v) is 9.84. The van der Waals surface area contributed by atoms with E-state index in [-0.39, 0.29) is 51.1 Å². The predicted octanol–water partition coefficient (Wildman–Crippen LogP) is 4.36. The fourth-order valence-electron chi connectivity index (χ4n) is 4.58. The molecule has 0 spiro atoms. The van der Waals surface area contributed by atoms with Crippen LogP contribution in [0.5, 0.6) is 0 Å². The Morgan fingerprint density at radius 1 is 1.10 bits per heavy atom. The number of amides is 2. The monoisotopic (exact) mass is 559 g/mol.